The fraction of sp³-hybridized carbons (Fsp3) is 0.250. The molecule has 3 rings (SSSR count). The van der Waals surface area contributed by atoms with Crippen molar-refractivity contribution in [2.75, 3.05) is 18.2 Å². The number of aromatic nitrogens is 3. The number of aryl methyl sites for hydroxylation is 1. The van der Waals surface area contributed by atoms with Gasteiger partial charge in [0, 0.05) is 35.2 Å². The molecule has 8 heteroatoms. The van der Waals surface area contributed by atoms with Crippen LogP contribution >= 0.6 is 23.1 Å². The van der Waals surface area contributed by atoms with Crippen LogP contribution in [0, 0.1) is 13.8 Å². The number of benzene rings is 1. The Bertz CT molecular complexity index is 994. The Balaban J connectivity index is 1.62. The lowest BCUT2D eigenvalue weighted by Gasteiger charge is -2.05. The van der Waals surface area contributed by atoms with Gasteiger partial charge in [-0.1, -0.05) is 35.2 Å². The summed E-state index contributed by atoms with van der Waals surface area (Å²) in [4.78, 5) is 12.6. The zero-order chi connectivity index (χ0) is 20.1. The summed E-state index contributed by atoms with van der Waals surface area (Å²) in [7, 11) is 1.63. The first-order valence-electron chi connectivity index (χ1n) is 8.70. The van der Waals surface area contributed by atoms with Crippen molar-refractivity contribution in [3.8, 4) is 5.75 Å². The van der Waals surface area contributed by atoms with E-state index in [1.54, 1.807) is 7.11 Å². The first-order valence-corrected chi connectivity index (χ1v) is 10.5. The summed E-state index contributed by atoms with van der Waals surface area (Å²) in [6, 6.07) is 9.54. The van der Waals surface area contributed by atoms with E-state index in [1.165, 1.54) is 23.1 Å². The average molecular weight is 415 g/mol. The maximum atomic E-state index is 12.6. The van der Waals surface area contributed by atoms with Gasteiger partial charge in [0.25, 0.3) is 0 Å². The average Bonchev–Trinajstić information content (AvgIpc) is 3.25. The van der Waals surface area contributed by atoms with Crippen LogP contribution in [0.15, 0.2) is 47.3 Å². The topological polar surface area (TPSA) is 69.0 Å². The molecule has 146 valence electrons. The second kappa shape index (κ2) is 9.07. The monoisotopic (exact) mass is 414 g/mol. The highest BCUT2D eigenvalue weighted by molar-refractivity contribution is 8.01. The fourth-order valence-corrected chi connectivity index (χ4v) is 4.50. The van der Waals surface area contributed by atoms with Gasteiger partial charge in [0.2, 0.25) is 5.13 Å². The van der Waals surface area contributed by atoms with Crippen LogP contribution in [0.25, 0.3) is 0 Å². The number of rotatable bonds is 9. The van der Waals surface area contributed by atoms with Crippen molar-refractivity contribution in [3.63, 3.8) is 0 Å². The summed E-state index contributed by atoms with van der Waals surface area (Å²) < 4.78 is 8.06. The van der Waals surface area contributed by atoms with Crippen molar-refractivity contribution >= 4 is 39.7 Å². The minimum Gasteiger partial charge on any atom is -0.497 e. The molecular formula is C20H22N4O2S2. The number of hydrogen-bond donors (Lipinski definition) is 1. The number of ether oxygens (including phenoxy) is 1. The van der Waals surface area contributed by atoms with Gasteiger partial charge in [0.1, 0.15) is 5.75 Å². The van der Waals surface area contributed by atoms with E-state index in [0.717, 1.165) is 32.7 Å². The second-order valence-electron chi connectivity index (χ2n) is 6.13. The number of nitrogens with zero attached hydrogens (tertiary/aromatic N) is 3. The Morgan fingerprint density at radius 3 is 2.93 bits per heavy atom. The van der Waals surface area contributed by atoms with Gasteiger partial charge in [-0.2, -0.15) is 0 Å². The Hall–Kier alpha value is -2.58. The summed E-state index contributed by atoms with van der Waals surface area (Å²) in [5, 5.41) is 12.2. The molecule has 0 bridgehead atoms. The van der Waals surface area contributed by atoms with Crippen LogP contribution in [-0.2, 0) is 6.54 Å². The lowest BCUT2D eigenvalue weighted by molar-refractivity contribution is 0.102. The number of Topliss-reactive ketones (excluding diaryl/α,β-unsaturated/α-hetero) is 1. The molecule has 1 aromatic carbocycles. The van der Waals surface area contributed by atoms with E-state index in [2.05, 4.69) is 26.7 Å². The highest BCUT2D eigenvalue weighted by atomic mass is 32.2. The van der Waals surface area contributed by atoms with E-state index in [4.69, 9.17) is 4.74 Å². The van der Waals surface area contributed by atoms with E-state index >= 15 is 0 Å². The molecule has 0 amide bonds. The van der Waals surface area contributed by atoms with Crippen LogP contribution in [0.4, 0.5) is 10.8 Å². The molecule has 28 heavy (non-hydrogen) atoms. The van der Waals surface area contributed by atoms with Crippen LogP contribution in [0.1, 0.15) is 21.7 Å². The smallest absolute Gasteiger partial charge is 0.210 e. The third-order valence-electron chi connectivity index (χ3n) is 4.24. The number of methoxy groups -OCH3 is 1. The second-order valence-corrected chi connectivity index (χ2v) is 8.33. The van der Waals surface area contributed by atoms with E-state index in [0.29, 0.717) is 17.4 Å². The van der Waals surface area contributed by atoms with E-state index < -0.39 is 0 Å². The highest BCUT2D eigenvalue weighted by Crippen LogP contribution is 2.29. The number of allylic oxidation sites excluding steroid dienone is 1. The summed E-state index contributed by atoms with van der Waals surface area (Å²) >= 11 is 2.82. The van der Waals surface area contributed by atoms with Crippen LogP contribution in [-0.4, -0.2) is 33.4 Å². The third-order valence-corrected chi connectivity index (χ3v) is 6.21. The van der Waals surface area contributed by atoms with Crippen molar-refractivity contribution < 1.29 is 9.53 Å². The molecule has 3 aromatic rings. The van der Waals surface area contributed by atoms with Gasteiger partial charge < -0.3 is 14.6 Å². The number of carbonyl (C=O) groups is 1. The Morgan fingerprint density at radius 1 is 1.36 bits per heavy atom. The lowest BCUT2D eigenvalue weighted by Crippen LogP contribution is -2.06. The van der Waals surface area contributed by atoms with Crippen molar-refractivity contribution in [2.24, 2.45) is 0 Å². The molecule has 2 aromatic heterocycles. The van der Waals surface area contributed by atoms with E-state index in [1.807, 2.05) is 50.3 Å². The number of nitrogens with one attached hydrogen (secondary N) is 1. The number of hydrogen-bond acceptors (Lipinski definition) is 7. The normalized spacial score (nSPS) is 10.7. The molecule has 0 saturated carbocycles. The molecule has 0 unspecified atom stereocenters. The van der Waals surface area contributed by atoms with Crippen molar-refractivity contribution in [1.82, 2.24) is 14.8 Å². The molecule has 6 nitrogen and oxygen atoms in total. The van der Waals surface area contributed by atoms with Gasteiger partial charge in [-0.3, -0.25) is 4.79 Å². The van der Waals surface area contributed by atoms with Crippen LogP contribution in [0.2, 0.25) is 0 Å². The molecular weight excluding hydrogens is 392 g/mol. The quantitative estimate of drug-likeness (QED) is 0.306. The van der Waals surface area contributed by atoms with Crippen LogP contribution in [0.3, 0.4) is 0 Å². The van der Waals surface area contributed by atoms with Gasteiger partial charge in [-0.25, -0.2) is 0 Å². The standard InChI is InChI=1S/C20H22N4O2S2/c1-5-9-24-13(2)10-17(14(24)3)18(25)12-27-20-23-22-19(28-20)21-15-7-6-8-16(11-15)26-4/h5-8,10-11H,1,9,12H2,2-4H3,(H,21,22). The van der Waals surface area contributed by atoms with E-state index in [9.17, 15) is 4.79 Å². The molecule has 0 fully saturated rings. The predicted molar refractivity (Wildman–Crippen MR) is 115 cm³/mol. The number of thioether (sulfide) groups is 1. The molecule has 0 saturated heterocycles. The van der Waals surface area contributed by atoms with Gasteiger partial charge >= 0.3 is 0 Å². The fourth-order valence-electron chi connectivity index (χ4n) is 2.84. The predicted octanol–water partition coefficient (Wildman–Crippen LogP) is 4.87. The number of anilines is 2. The van der Waals surface area contributed by atoms with Crippen molar-refractivity contribution in [2.45, 2.75) is 24.7 Å². The van der Waals surface area contributed by atoms with Crippen molar-refractivity contribution in [3.05, 3.63) is 59.9 Å². The van der Waals surface area contributed by atoms with Gasteiger partial charge in [0.05, 0.1) is 12.9 Å². The van der Waals surface area contributed by atoms with Gasteiger partial charge in [-0.05, 0) is 32.0 Å². The van der Waals surface area contributed by atoms with Crippen LogP contribution < -0.4 is 10.1 Å². The molecule has 0 radical (unpaired) electrons. The summed E-state index contributed by atoms with van der Waals surface area (Å²) in [5.74, 6) is 1.18. The zero-order valence-electron chi connectivity index (χ0n) is 16.1. The molecule has 1 N–H and O–H groups in total. The van der Waals surface area contributed by atoms with E-state index in [-0.39, 0.29) is 5.78 Å². The summed E-state index contributed by atoms with van der Waals surface area (Å²) in [6.07, 6.45) is 1.83. The molecule has 0 aliphatic rings. The third kappa shape index (κ3) is 4.63. The first-order chi connectivity index (χ1) is 13.5. The van der Waals surface area contributed by atoms with Gasteiger partial charge in [-0.15, -0.1) is 16.8 Å². The molecule has 0 aliphatic carbocycles. The number of ketones is 1. The maximum Gasteiger partial charge on any atom is 0.210 e. The zero-order valence-corrected chi connectivity index (χ0v) is 17.7. The SMILES string of the molecule is C=CCn1c(C)cc(C(=O)CSc2nnc(Nc3cccc(OC)c3)s2)c1C. The summed E-state index contributed by atoms with van der Waals surface area (Å²) in [5.41, 5.74) is 3.66. The lowest BCUT2D eigenvalue weighted by atomic mass is 10.2. The molecule has 0 atom stereocenters. The minimum absolute atomic E-state index is 0.0888. The maximum absolute atomic E-state index is 12.6. The van der Waals surface area contributed by atoms with Gasteiger partial charge in [0.15, 0.2) is 10.1 Å². The van der Waals surface area contributed by atoms with Crippen LogP contribution in [0.5, 0.6) is 5.75 Å². The number of carbonyl (C=O) groups excluding carboxylic acids is 1. The first kappa shape index (κ1) is 20.2. The molecule has 0 aliphatic heterocycles. The molecule has 2 heterocycles. The Morgan fingerprint density at radius 2 is 2.18 bits per heavy atom. The Kier molecular flexibility index (Phi) is 6.53. The highest BCUT2D eigenvalue weighted by Gasteiger charge is 2.16. The largest absolute Gasteiger partial charge is 0.497 e. The summed E-state index contributed by atoms with van der Waals surface area (Å²) in [6.45, 7) is 8.45. The Labute approximate surface area is 172 Å². The minimum atomic E-state index is 0.0888. The van der Waals surface area contributed by atoms with Crippen molar-refractivity contribution in [1.29, 1.82) is 0 Å². The molecule has 0 spiro atoms.